The molecule has 0 aliphatic rings. The van der Waals surface area contributed by atoms with Gasteiger partial charge in [-0.15, -0.1) is 0 Å². The number of nitrogens with two attached hydrogens (primary N) is 1. The normalized spacial score (nSPS) is 12.4. The van der Waals surface area contributed by atoms with E-state index in [2.05, 4.69) is 5.43 Å². The van der Waals surface area contributed by atoms with Gasteiger partial charge in [0.2, 0.25) is 0 Å². The van der Waals surface area contributed by atoms with Crippen LogP contribution in [0.4, 0.5) is 17.6 Å². The van der Waals surface area contributed by atoms with Crippen LogP contribution in [0, 0.1) is 23.3 Å². The van der Waals surface area contributed by atoms with Crippen molar-refractivity contribution in [3.63, 3.8) is 0 Å². The second-order valence-corrected chi connectivity index (χ2v) is 4.32. The fourth-order valence-corrected chi connectivity index (χ4v) is 1.95. The maximum absolute atomic E-state index is 13.7. The molecule has 0 spiro atoms. The average Bonchev–Trinajstić information content (AvgIpc) is 2.41. The van der Waals surface area contributed by atoms with Crippen molar-refractivity contribution in [3.8, 4) is 0 Å². The number of halogens is 4. The molecule has 2 rings (SSSR count). The molecule has 0 bridgehead atoms. The zero-order valence-electron chi connectivity index (χ0n) is 10.3. The Morgan fingerprint density at radius 1 is 0.900 bits per heavy atom. The maximum atomic E-state index is 13.7. The Balaban J connectivity index is 2.31. The molecule has 3 N–H and O–H groups in total. The predicted octanol–water partition coefficient (Wildman–Crippen LogP) is 2.99. The van der Waals surface area contributed by atoms with Gasteiger partial charge in [-0.1, -0.05) is 6.07 Å². The maximum Gasteiger partial charge on any atom is 0.129 e. The molecule has 1 atom stereocenters. The van der Waals surface area contributed by atoms with Crippen LogP contribution in [0.1, 0.15) is 17.2 Å². The van der Waals surface area contributed by atoms with E-state index < -0.39 is 29.3 Å². The first-order chi connectivity index (χ1) is 9.51. The molecule has 0 aliphatic heterocycles. The highest BCUT2D eigenvalue weighted by molar-refractivity contribution is 5.26. The summed E-state index contributed by atoms with van der Waals surface area (Å²) in [5, 5.41) is 0. The average molecular weight is 284 g/mol. The smallest absolute Gasteiger partial charge is 0.129 e. The Morgan fingerprint density at radius 3 is 2.20 bits per heavy atom. The summed E-state index contributed by atoms with van der Waals surface area (Å²) in [7, 11) is 0. The summed E-state index contributed by atoms with van der Waals surface area (Å²) in [6, 6.07) is 5.17. The second kappa shape index (κ2) is 6.02. The van der Waals surface area contributed by atoms with E-state index in [-0.39, 0.29) is 17.5 Å². The van der Waals surface area contributed by atoms with Crippen LogP contribution in [0.15, 0.2) is 36.4 Å². The highest BCUT2D eigenvalue weighted by Gasteiger charge is 2.18. The molecule has 20 heavy (non-hydrogen) atoms. The summed E-state index contributed by atoms with van der Waals surface area (Å²) in [6.07, 6.45) is -0.0387. The van der Waals surface area contributed by atoms with E-state index in [0.717, 1.165) is 30.3 Å². The van der Waals surface area contributed by atoms with Gasteiger partial charge in [0, 0.05) is 11.6 Å². The molecule has 0 saturated carbocycles. The lowest BCUT2D eigenvalue weighted by Gasteiger charge is -2.17. The van der Waals surface area contributed by atoms with Crippen molar-refractivity contribution >= 4 is 0 Å². The van der Waals surface area contributed by atoms with Gasteiger partial charge in [0.05, 0.1) is 6.04 Å². The van der Waals surface area contributed by atoms with Crippen LogP contribution in [-0.2, 0) is 6.42 Å². The minimum Gasteiger partial charge on any atom is -0.271 e. The molecule has 0 heterocycles. The number of hydrazine groups is 1. The van der Waals surface area contributed by atoms with E-state index in [1.165, 1.54) is 6.07 Å². The first-order valence-electron chi connectivity index (χ1n) is 5.86. The Kier molecular flexibility index (Phi) is 4.36. The summed E-state index contributed by atoms with van der Waals surface area (Å²) < 4.78 is 53.2. The first kappa shape index (κ1) is 14.5. The summed E-state index contributed by atoms with van der Waals surface area (Å²) in [6.45, 7) is 0. The molecule has 6 heteroatoms. The molecule has 0 aromatic heterocycles. The van der Waals surface area contributed by atoms with Crippen molar-refractivity contribution in [2.24, 2.45) is 5.84 Å². The third kappa shape index (κ3) is 3.15. The largest absolute Gasteiger partial charge is 0.271 e. The Hall–Kier alpha value is -1.92. The molecule has 2 nitrogen and oxygen atoms in total. The molecule has 0 amide bonds. The lowest BCUT2D eigenvalue weighted by atomic mass is 9.98. The zero-order valence-corrected chi connectivity index (χ0v) is 10.3. The number of hydrogen-bond acceptors (Lipinski definition) is 2. The molecular formula is C14H12F4N2. The quantitative estimate of drug-likeness (QED) is 0.514. The van der Waals surface area contributed by atoms with Crippen molar-refractivity contribution in [2.45, 2.75) is 12.5 Å². The second-order valence-electron chi connectivity index (χ2n) is 4.32. The van der Waals surface area contributed by atoms with Crippen molar-refractivity contribution in [3.05, 3.63) is 70.8 Å². The van der Waals surface area contributed by atoms with E-state index in [1.807, 2.05) is 0 Å². The van der Waals surface area contributed by atoms with E-state index >= 15 is 0 Å². The topological polar surface area (TPSA) is 38.0 Å². The zero-order chi connectivity index (χ0) is 14.7. The van der Waals surface area contributed by atoms with Gasteiger partial charge in [-0.3, -0.25) is 11.3 Å². The van der Waals surface area contributed by atoms with E-state index in [9.17, 15) is 17.6 Å². The SMILES string of the molecule is NNC(Cc1ccc(F)cc1F)c1cc(F)ccc1F. The number of nitrogens with one attached hydrogen (secondary N) is 1. The Labute approximate surface area is 113 Å². The van der Waals surface area contributed by atoms with Gasteiger partial charge >= 0.3 is 0 Å². The van der Waals surface area contributed by atoms with Crippen molar-refractivity contribution < 1.29 is 17.6 Å². The highest BCUT2D eigenvalue weighted by Crippen LogP contribution is 2.23. The van der Waals surface area contributed by atoms with Crippen LogP contribution in [0.5, 0.6) is 0 Å². The molecule has 0 aliphatic carbocycles. The third-order valence-electron chi connectivity index (χ3n) is 2.97. The van der Waals surface area contributed by atoms with E-state index in [0.29, 0.717) is 0 Å². The van der Waals surface area contributed by atoms with Crippen LogP contribution >= 0.6 is 0 Å². The Bertz CT molecular complexity index is 616. The molecule has 2 aromatic rings. The monoisotopic (exact) mass is 284 g/mol. The third-order valence-corrected chi connectivity index (χ3v) is 2.97. The minimum absolute atomic E-state index is 0.0174. The fraction of sp³-hybridized carbons (Fsp3) is 0.143. The van der Waals surface area contributed by atoms with Crippen LogP contribution in [0.2, 0.25) is 0 Å². The first-order valence-corrected chi connectivity index (χ1v) is 5.86. The van der Waals surface area contributed by atoms with Gasteiger partial charge in [0.25, 0.3) is 0 Å². The predicted molar refractivity (Wildman–Crippen MR) is 66.5 cm³/mol. The van der Waals surface area contributed by atoms with Crippen molar-refractivity contribution in [2.75, 3.05) is 0 Å². The van der Waals surface area contributed by atoms with Crippen LogP contribution in [-0.4, -0.2) is 0 Å². The fourth-order valence-electron chi connectivity index (χ4n) is 1.95. The molecule has 0 radical (unpaired) electrons. The highest BCUT2D eigenvalue weighted by atomic mass is 19.1. The summed E-state index contributed by atoms with van der Waals surface area (Å²) in [4.78, 5) is 0. The minimum atomic E-state index is -0.828. The summed E-state index contributed by atoms with van der Waals surface area (Å²) >= 11 is 0. The summed E-state index contributed by atoms with van der Waals surface area (Å²) in [5.41, 5.74) is 2.44. The van der Waals surface area contributed by atoms with Gasteiger partial charge in [-0.05, 0) is 36.2 Å². The van der Waals surface area contributed by atoms with Gasteiger partial charge in [-0.2, -0.15) is 0 Å². The van der Waals surface area contributed by atoms with E-state index in [1.54, 1.807) is 0 Å². The standard InChI is InChI=1S/C14H12F4N2/c15-9-3-4-12(17)11(6-9)14(20-19)5-8-1-2-10(16)7-13(8)18/h1-4,6-7,14,20H,5,19H2. The molecule has 2 aromatic carbocycles. The van der Waals surface area contributed by atoms with Gasteiger partial charge < -0.3 is 0 Å². The van der Waals surface area contributed by atoms with Gasteiger partial charge in [0.1, 0.15) is 23.3 Å². The van der Waals surface area contributed by atoms with Crippen LogP contribution in [0.25, 0.3) is 0 Å². The lowest BCUT2D eigenvalue weighted by Crippen LogP contribution is -2.30. The summed E-state index contributed by atoms with van der Waals surface area (Å²) in [5.74, 6) is 2.57. The molecule has 1 unspecified atom stereocenters. The number of rotatable bonds is 4. The van der Waals surface area contributed by atoms with Gasteiger partial charge in [-0.25, -0.2) is 17.6 Å². The number of hydrogen-bond donors (Lipinski definition) is 2. The van der Waals surface area contributed by atoms with E-state index in [4.69, 9.17) is 5.84 Å². The number of benzene rings is 2. The lowest BCUT2D eigenvalue weighted by molar-refractivity contribution is 0.490. The molecule has 0 fully saturated rings. The van der Waals surface area contributed by atoms with Crippen molar-refractivity contribution in [1.29, 1.82) is 0 Å². The van der Waals surface area contributed by atoms with Crippen LogP contribution in [0.3, 0.4) is 0 Å². The molecule has 0 saturated heterocycles. The van der Waals surface area contributed by atoms with Crippen LogP contribution < -0.4 is 11.3 Å². The molecule has 106 valence electrons. The molecular weight excluding hydrogens is 272 g/mol. The van der Waals surface area contributed by atoms with Crippen molar-refractivity contribution in [1.82, 2.24) is 5.43 Å². The van der Waals surface area contributed by atoms with Gasteiger partial charge in [0.15, 0.2) is 0 Å². The Morgan fingerprint density at radius 2 is 1.55 bits per heavy atom.